The summed E-state index contributed by atoms with van der Waals surface area (Å²) in [5.74, 6) is -0.0554. The number of carbonyl (C=O) groups excluding carboxylic acids is 1. The average Bonchev–Trinajstić information content (AvgIpc) is 2.47. The molecule has 0 aliphatic heterocycles. The number of amides is 1. The van der Waals surface area contributed by atoms with Gasteiger partial charge in [-0.2, -0.15) is 0 Å². The Morgan fingerprint density at radius 1 is 1.45 bits per heavy atom. The third-order valence-electron chi connectivity index (χ3n) is 3.84. The van der Waals surface area contributed by atoms with Crippen LogP contribution in [0.25, 0.3) is 0 Å². The molecule has 0 spiro atoms. The van der Waals surface area contributed by atoms with Crippen LogP contribution in [-0.4, -0.2) is 24.4 Å². The van der Waals surface area contributed by atoms with Gasteiger partial charge in [0, 0.05) is 17.4 Å². The van der Waals surface area contributed by atoms with Crippen LogP contribution in [0, 0.1) is 11.7 Å². The van der Waals surface area contributed by atoms with Gasteiger partial charge in [-0.1, -0.05) is 28.8 Å². The molecule has 2 rings (SSSR count). The van der Waals surface area contributed by atoms with Gasteiger partial charge >= 0.3 is 0 Å². The fourth-order valence-electron chi connectivity index (χ4n) is 2.64. The van der Waals surface area contributed by atoms with Gasteiger partial charge in [-0.3, -0.25) is 4.79 Å². The number of halogens is 2. The molecule has 1 N–H and O–H groups in total. The second-order valence-electron chi connectivity index (χ2n) is 5.12. The van der Waals surface area contributed by atoms with E-state index in [4.69, 9.17) is 4.74 Å². The summed E-state index contributed by atoms with van der Waals surface area (Å²) < 4.78 is 18.8. The topological polar surface area (TPSA) is 38.3 Å². The molecule has 1 amide bonds. The van der Waals surface area contributed by atoms with Gasteiger partial charge in [0.25, 0.3) is 5.91 Å². The Bertz CT molecular complexity index is 481. The van der Waals surface area contributed by atoms with Crippen molar-refractivity contribution in [2.75, 3.05) is 12.4 Å². The standard InChI is InChI=1S/C15H19BrFNO2/c1-20-11-6-7-12(13(17)8-11)15(19)18-14-5-3-2-4-10(14)9-16/h6-8,10,14H,2-5,9H2,1H3,(H,18,19). The van der Waals surface area contributed by atoms with Gasteiger partial charge in [-0.05, 0) is 30.9 Å². The van der Waals surface area contributed by atoms with Gasteiger partial charge in [0.1, 0.15) is 11.6 Å². The van der Waals surface area contributed by atoms with Gasteiger partial charge in [-0.15, -0.1) is 0 Å². The zero-order chi connectivity index (χ0) is 14.5. The lowest BCUT2D eigenvalue weighted by Gasteiger charge is -2.31. The molecule has 1 aromatic carbocycles. The number of alkyl halides is 1. The number of carbonyl (C=O) groups is 1. The van der Waals surface area contributed by atoms with Crippen LogP contribution < -0.4 is 10.1 Å². The molecule has 3 nitrogen and oxygen atoms in total. The van der Waals surface area contributed by atoms with E-state index in [0.29, 0.717) is 11.7 Å². The monoisotopic (exact) mass is 343 g/mol. The quantitative estimate of drug-likeness (QED) is 0.849. The fraction of sp³-hybridized carbons (Fsp3) is 0.533. The number of rotatable bonds is 4. The number of hydrogen-bond acceptors (Lipinski definition) is 2. The molecule has 0 aromatic heterocycles. The van der Waals surface area contributed by atoms with Crippen molar-refractivity contribution in [3.05, 3.63) is 29.6 Å². The zero-order valence-electron chi connectivity index (χ0n) is 11.5. The fourth-order valence-corrected chi connectivity index (χ4v) is 3.41. The molecule has 0 saturated heterocycles. The Kier molecular flexibility index (Phi) is 5.40. The molecule has 0 bridgehead atoms. The molecule has 1 aliphatic rings. The predicted octanol–water partition coefficient (Wildman–Crippen LogP) is 3.52. The van der Waals surface area contributed by atoms with Crippen molar-refractivity contribution in [1.29, 1.82) is 0 Å². The average molecular weight is 344 g/mol. The molecule has 0 radical (unpaired) electrons. The summed E-state index contributed by atoms with van der Waals surface area (Å²) in [5.41, 5.74) is 0.0738. The number of hydrogen-bond donors (Lipinski definition) is 1. The van der Waals surface area contributed by atoms with E-state index in [0.717, 1.165) is 24.6 Å². The van der Waals surface area contributed by atoms with Crippen molar-refractivity contribution in [2.24, 2.45) is 5.92 Å². The number of ether oxygens (including phenoxy) is 1. The van der Waals surface area contributed by atoms with Crippen LogP contribution in [0.3, 0.4) is 0 Å². The Morgan fingerprint density at radius 3 is 2.85 bits per heavy atom. The highest BCUT2D eigenvalue weighted by Crippen LogP contribution is 2.26. The SMILES string of the molecule is COc1ccc(C(=O)NC2CCCCC2CBr)c(F)c1. The van der Waals surface area contributed by atoms with Crippen molar-refractivity contribution in [2.45, 2.75) is 31.7 Å². The first kappa shape index (κ1) is 15.3. The van der Waals surface area contributed by atoms with Crippen LogP contribution in [0.5, 0.6) is 5.75 Å². The first-order chi connectivity index (χ1) is 9.65. The summed E-state index contributed by atoms with van der Waals surface area (Å²) in [6.07, 6.45) is 4.36. The Hall–Kier alpha value is -1.10. The molecular weight excluding hydrogens is 325 g/mol. The summed E-state index contributed by atoms with van der Waals surface area (Å²) in [6.45, 7) is 0. The van der Waals surface area contributed by atoms with Crippen LogP contribution in [0.15, 0.2) is 18.2 Å². The Labute approximate surface area is 127 Å². The molecule has 1 fully saturated rings. The number of benzene rings is 1. The van der Waals surface area contributed by atoms with E-state index < -0.39 is 5.82 Å². The van der Waals surface area contributed by atoms with Gasteiger partial charge in [0.05, 0.1) is 12.7 Å². The molecule has 1 aromatic rings. The van der Waals surface area contributed by atoms with Crippen LogP contribution in [0.1, 0.15) is 36.0 Å². The van der Waals surface area contributed by atoms with E-state index in [2.05, 4.69) is 21.2 Å². The third-order valence-corrected chi connectivity index (χ3v) is 4.68. The Balaban J connectivity index is 2.07. The minimum absolute atomic E-state index is 0.0738. The largest absolute Gasteiger partial charge is 0.497 e. The highest BCUT2D eigenvalue weighted by atomic mass is 79.9. The van der Waals surface area contributed by atoms with E-state index in [1.54, 1.807) is 6.07 Å². The lowest BCUT2D eigenvalue weighted by molar-refractivity contribution is 0.0907. The van der Waals surface area contributed by atoms with Crippen LogP contribution >= 0.6 is 15.9 Å². The third kappa shape index (κ3) is 3.51. The molecule has 5 heteroatoms. The van der Waals surface area contributed by atoms with E-state index in [9.17, 15) is 9.18 Å². The Morgan fingerprint density at radius 2 is 2.20 bits per heavy atom. The van der Waals surface area contributed by atoms with Crippen LogP contribution in [0.4, 0.5) is 4.39 Å². The maximum absolute atomic E-state index is 13.9. The van der Waals surface area contributed by atoms with E-state index in [-0.39, 0.29) is 17.5 Å². The first-order valence-corrected chi connectivity index (χ1v) is 7.98. The molecule has 20 heavy (non-hydrogen) atoms. The summed E-state index contributed by atoms with van der Waals surface area (Å²) in [7, 11) is 1.47. The molecular formula is C15H19BrFNO2. The predicted molar refractivity (Wildman–Crippen MR) is 80.0 cm³/mol. The van der Waals surface area contributed by atoms with Gasteiger partial charge in [0.15, 0.2) is 0 Å². The minimum atomic E-state index is -0.548. The van der Waals surface area contributed by atoms with Crippen molar-refractivity contribution >= 4 is 21.8 Å². The summed E-state index contributed by atoms with van der Waals surface area (Å²) >= 11 is 3.49. The minimum Gasteiger partial charge on any atom is -0.497 e. The molecule has 1 saturated carbocycles. The van der Waals surface area contributed by atoms with Crippen LogP contribution in [-0.2, 0) is 0 Å². The smallest absolute Gasteiger partial charge is 0.254 e. The molecule has 2 unspecified atom stereocenters. The first-order valence-electron chi connectivity index (χ1n) is 6.86. The maximum Gasteiger partial charge on any atom is 0.254 e. The molecule has 1 aliphatic carbocycles. The second-order valence-corrected chi connectivity index (χ2v) is 5.77. The second kappa shape index (κ2) is 7.07. The summed E-state index contributed by atoms with van der Waals surface area (Å²) in [5, 5.41) is 3.83. The highest BCUT2D eigenvalue weighted by Gasteiger charge is 2.26. The van der Waals surface area contributed by atoms with Crippen molar-refractivity contribution < 1.29 is 13.9 Å². The molecule has 2 atom stereocenters. The highest BCUT2D eigenvalue weighted by molar-refractivity contribution is 9.09. The van der Waals surface area contributed by atoms with Crippen molar-refractivity contribution in [3.8, 4) is 5.75 Å². The van der Waals surface area contributed by atoms with Gasteiger partial charge in [-0.25, -0.2) is 4.39 Å². The number of nitrogens with one attached hydrogen (secondary N) is 1. The van der Waals surface area contributed by atoms with Crippen molar-refractivity contribution in [3.63, 3.8) is 0 Å². The summed E-state index contributed by atoms with van der Waals surface area (Å²) in [6, 6.07) is 4.42. The van der Waals surface area contributed by atoms with E-state index >= 15 is 0 Å². The normalized spacial score (nSPS) is 22.4. The van der Waals surface area contributed by atoms with E-state index in [1.165, 1.54) is 25.7 Å². The molecule has 0 heterocycles. The van der Waals surface area contributed by atoms with Gasteiger partial charge in [0.2, 0.25) is 0 Å². The zero-order valence-corrected chi connectivity index (χ0v) is 13.1. The van der Waals surface area contributed by atoms with Crippen LogP contribution in [0.2, 0.25) is 0 Å². The van der Waals surface area contributed by atoms with Gasteiger partial charge < -0.3 is 10.1 Å². The number of methoxy groups -OCH3 is 1. The summed E-state index contributed by atoms with van der Waals surface area (Å²) in [4.78, 5) is 12.2. The lowest BCUT2D eigenvalue weighted by atomic mass is 9.86. The lowest BCUT2D eigenvalue weighted by Crippen LogP contribution is -2.43. The molecule has 110 valence electrons. The van der Waals surface area contributed by atoms with E-state index in [1.807, 2.05) is 0 Å². The van der Waals surface area contributed by atoms with Crippen molar-refractivity contribution in [1.82, 2.24) is 5.32 Å². The maximum atomic E-state index is 13.9.